The summed E-state index contributed by atoms with van der Waals surface area (Å²) in [6.45, 7) is 6.06. The topological polar surface area (TPSA) is 133 Å². The predicted molar refractivity (Wildman–Crippen MR) is 160 cm³/mol. The molecule has 0 saturated carbocycles. The maximum atomic E-state index is 12.9. The van der Waals surface area contributed by atoms with Crippen molar-refractivity contribution < 1.29 is 23.8 Å². The van der Waals surface area contributed by atoms with E-state index in [2.05, 4.69) is 37.6 Å². The fourth-order valence-electron chi connectivity index (χ4n) is 6.79. The minimum atomic E-state index is -0.695. The molecule has 228 valence electrons. The Labute approximate surface area is 251 Å². The van der Waals surface area contributed by atoms with E-state index in [9.17, 15) is 14.7 Å². The zero-order chi connectivity index (χ0) is 29.9. The number of rotatable bonds is 10. The van der Waals surface area contributed by atoms with Gasteiger partial charge in [0.15, 0.2) is 12.2 Å². The van der Waals surface area contributed by atoms with Crippen molar-refractivity contribution in [2.24, 2.45) is 0 Å². The summed E-state index contributed by atoms with van der Waals surface area (Å²) >= 11 is 0. The third-order valence-electron chi connectivity index (χ3n) is 8.92. The molecule has 4 atom stereocenters. The van der Waals surface area contributed by atoms with Crippen molar-refractivity contribution in [3.63, 3.8) is 0 Å². The predicted octanol–water partition coefficient (Wildman–Crippen LogP) is 3.06. The van der Waals surface area contributed by atoms with Gasteiger partial charge < -0.3 is 29.8 Å². The average molecular weight is 589 g/mol. The molecule has 11 heteroatoms. The average Bonchev–Trinajstić information content (AvgIpc) is 3.54. The lowest BCUT2D eigenvalue weighted by atomic mass is 9.97. The zero-order valence-electron chi connectivity index (χ0n) is 24.8. The molecule has 3 aliphatic rings. The maximum absolute atomic E-state index is 12.9. The van der Waals surface area contributed by atoms with Gasteiger partial charge in [0.2, 0.25) is 5.91 Å². The van der Waals surface area contributed by atoms with Gasteiger partial charge in [-0.15, -0.1) is 0 Å². The van der Waals surface area contributed by atoms with Gasteiger partial charge in [0.05, 0.1) is 11.8 Å². The summed E-state index contributed by atoms with van der Waals surface area (Å²) < 4.78 is 11.3. The van der Waals surface area contributed by atoms with Crippen LogP contribution in [0.2, 0.25) is 0 Å². The van der Waals surface area contributed by atoms with Gasteiger partial charge in [0.1, 0.15) is 18.2 Å². The number of nitrogens with one attached hydrogen (secondary N) is 2. The summed E-state index contributed by atoms with van der Waals surface area (Å²) in [5.74, 6) is 2.09. The first-order valence-electron chi connectivity index (χ1n) is 15.2. The number of fused-ring (bicyclic) bond motifs is 3. The lowest BCUT2D eigenvalue weighted by molar-refractivity contribution is -0.133. The molecular weight excluding hydrogens is 548 g/mol. The summed E-state index contributed by atoms with van der Waals surface area (Å²) in [6, 6.07) is 10.3. The monoisotopic (exact) mass is 588 g/mol. The number of nitrogens with zero attached hydrogens (tertiary/aromatic N) is 4. The second-order valence-electron chi connectivity index (χ2n) is 12.0. The maximum Gasteiger partial charge on any atom is 0.251 e. The molecule has 6 rings (SSSR count). The number of anilines is 1. The summed E-state index contributed by atoms with van der Waals surface area (Å²) in [5, 5.41) is 17.1. The fourth-order valence-corrected chi connectivity index (χ4v) is 6.79. The van der Waals surface area contributed by atoms with Gasteiger partial charge in [-0.1, -0.05) is 6.07 Å². The van der Waals surface area contributed by atoms with Crippen molar-refractivity contribution in [3.05, 3.63) is 71.1 Å². The number of hydrogen-bond donors (Lipinski definition) is 3. The Morgan fingerprint density at radius 1 is 1.14 bits per heavy atom. The highest BCUT2D eigenvalue weighted by atomic mass is 16.5. The van der Waals surface area contributed by atoms with E-state index in [-0.39, 0.29) is 36.5 Å². The number of pyridine rings is 1. The van der Waals surface area contributed by atoms with Crippen LogP contribution in [0.15, 0.2) is 47.3 Å². The molecule has 3 aliphatic heterocycles. The minimum Gasteiger partial charge on any atom is -0.486 e. The van der Waals surface area contributed by atoms with E-state index in [1.807, 2.05) is 17.9 Å². The number of hydrogen-bond acceptors (Lipinski definition) is 9. The van der Waals surface area contributed by atoms with E-state index in [1.54, 1.807) is 25.3 Å². The number of oxazole rings is 1. The number of carbonyl (C=O) groups excluding carboxylic acids is 2. The van der Waals surface area contributed by atoms with Crippen LogP contribution in [0.25, 0.3) is 0 Å². The molecule has 1 aromatic carbocycles. The van der Waals surface area contributed by atoms with Crippen LogP contribution in [0, 0.1) is 6.92 Å². The van der Waals surface area contributed by atoms with Crippen molar-refractivity contribution in [3.8, 4) is 5.75 Å². The number of benzene rings is 1. The van der Waals surface area contributed by atoms with Crippen LogP contribution in [-0.4, -0.2) is 80.6 Å². The summed E-state index contributed by atoms with van der Waals surface area (Å²) in [7, 11) is 0. The van der Waals surface area contributed by atoms with Crippen LogP contribution >= 0.6 is 0 Å². The molecule has 0 spiro atoms. The van der Waals surface area contributed by atoms with Gasteiger partial charge in [-0.05, 0) is 74.4 Å². The normalized spacial score (nSPS) is 22.1. The molecule has 11 nitrogen and oxygen atoms in total. The van der Waals surface area contributed by atoms with Crippen molar-refractivity contribution in [2.75, 3.05) is 25.0 Å². The van der Waals surface area contributed by atoms with E-state index >= 15 is 0 Å². The minimum absolute atomic E-state index is 0.157. The molecule has 2 bridgehead atoms. The third-order valence-corrected chi connectivity index (χ3v) is 8.92. The van der Waals surface area contributed by atoms with Gasteiger partial charge in [-0.25, -0.2) is 9.97 Å². The zero-order valence-corrected chi connectivity index (χ0v) is 24.8. The highest BCUT2D eigenvalue weighted by molar-refractivity contribution is 5.94. The van der Waals surface area contributed by atoms with Crippen molar-refractivity contribution in [2.45, 2.75) is 83.3 Å². The van der Waals surface area contributed by atoms with Gasteiger partial charge in [0, 0.05) is 63.0 Å². The summed E-state index contributed by atoms with van der Waals surface area (Å²) in [4.78, 5) is 37.7. The standard InChI is InChI=1S/C32H40N6O5/c1-20-30(43-19-35-20)18-42-29-6-3-24-16-37(10-8-22(24)11-29)17-28(40)15-34-32(41)23-7-9-33-31(12-23)36-25-13-26-4-5-27(14-25)38(26)21(2)39/h3,6-7,9,11-12,19,25-28,40H,4-5,8,10,13-18H2,1-2H3,(H,33,36)(H,34,41)/t25?,26-,27+,28?. The lowest BCUT2D eigenvalue weighted by Crippen LogP contribution is -2.49. The Bertz CT molecular complexity index is 1450. The molecule has 0 radical (unpaired) electrons. The van der Waals surface area contributed by atoms with Crippen LogP contribution in [0.4, 0.5) is 5.82 Å². The molecule has 3 N–H and O–H groups in total. The smallest absolute Gasteiger partial charge is 0.251 e. The number of aliphatic hydroxyl groups excluding tert-OH is 1. The Morgan fingerprint density at radius 2 is 1.95 bits per heavy atom. The molecule has 5 heterocycles. The largest absolute Gasteiger partial charge is 0.486 e. The van der Waals surface area contributed by atoms with E-state index in [1.165, 1.54) is 17.5 Å². The summed E-state index contributed by atoms with van der Waals surface area (Å²) in [6.07, 6.45) is 7.09. The number of piperidine rings is 1. The van der Waals surface area contributed by atoms with Crippen LogP contribution in [0.3, 0.4) is 0 Å². The Balaban J connectivity index is 0.953. The number of aliphatic hydroxyl groups is 1. The number of aromatic nitrogens is 2. The molecule has 3 aromatic rings. The molecule has 2 amide bonds. The van der Waals surface area contributed by atoms with E-state index in [0.717, 1.165) is 62.4 Å². The van der Waals surface area contributed by atoms with Crippen molar-refractivity contribution >= 4 is 17.6 Å². The third kappa shape index (κ3) is 6.83. The molecule has 0 aliphatic carbocycles. The van der Waals surface area contributed by atoms with Gasteiger partial charge in [0.25, 0.3) is 5.91 Å². The van der Waals surface area contributed by atoms with Crippen molar-refractivity contribution in [1.82, 2.24) is 25.1 Å². The van der Waals surface area contributed by atoms with E-state index in [0.29, 0.717) is 24.5 Å². The first-order chi connectivity index (χ1) is 20.8. The highest BCUT2D eigenvalue weighted by Crippen LogP contribution is 2.36. The number of ether oxygens (including phenoxy) is 1. The summed E-state index contributed by atoms with van der Waals surface area (Å²) in [5.41, 5.74) is 3.78. The lowest BCUT2D eigenvalue weighted by Gasteiger charge is -2.38. The second kappa shape index (κ2) is 12.7. The number of amides is 2. The Hall–Kier alpha value is -3.96. The Morgan fingerprint density at radius 3 is 2.70 bits per heavy atom. The molecule has 2 saturated heterocycles. The fraction of sp³-hybridized carbons (Fsp3) is 0.500. The van der Waals surface area contributed by atoms with Gasteiger partial charge in [-0.3, -0.25) is 14.5 Å². The van der Waals surface area contributed by atoms with Crippen LogP contribution in [-0.2, 0) is 24.4 Å². The van der Waals surface area contributed by atoms with Crippen molar-refractivity contribution in [1.29, 1.82) is 0 Å². The van der Waals surface area contributed by atoms with Crippen LogP contribution < -0.4 is 15.4 Å². The van der Waals surface area contributed by atoms with Crippen LogP contribution in [0.1, 0.15) is 65.5 Å². The number of carbonyl (C=O) groups is 2. The SMILES string of the molecule is CC(=O)N1[C@@H]2CC[C@H]1CC(Nc1cc(C(=O)NCC(O)CN3CCc4cc(OCc5ocnc5C)ccc4C3)ccn1)C2. The first-order valence-corrected chi connectivity index (χ1v) is 15.2. The molecule has 2 unspecified atom stereocenters. The first kappa shape index (κ1) is 29.1. The Kier molecular flexibility index (Phi) is 8.62. The molecular formula is C32H40N6O5. The molecule has 2 aromatic heterocycles. The highest BCUT2D eigenvalue weighted by Gasteiger charge is 2.42. The molecule has 43 heavy (non-hydrogen) atoms. The second-order valence-corrected chi connectivity index (χ2v) is 12.0. The number of aryl methyl sites for hydroxylation is 1. The number of β-amino-alcohol motifs (C(OH)–C–C–N with tert-alkyl or cyclic N) is 1. The van der Waals surface area contributed by atoms with Gasteiger partial charge >= 0.3 is 0 Å². The quantitative estimate of drug-likeness (QED) is 0.327. The van der Waals surface area contributed by atoms with E-state index < -0.39 is 6.10 Å². The van der Waals surface area contributed by atoms with Crippen LogP contribution in [0.5, 0.6) is 5.75 Å². The van der Waals surface area contributed by atoms with E-state index in [4.69, 9.17) is 9.15 Å². The molecule has 2 fully saturated rings. The van der Waals surface area contributed by atoms with Gasteiger partial charge in [-0.2, -0.15) is 0 Å².